The summed E-state index contributed by atoms with van der Waals surface area (Å²) in [6.45, 7) is 7.08. The van der Waals surface area contributed by atoms with Crippen molar-refractivity contribution in [3.05, 3.63) is 29.5 Å². The molecule has 6 nitrogen and oxygen atoms in total. The number of nitrogens with zero attached hydrogens (tertiary/aromatic N) is 3. The molecule has 23 heavy (non-hydrogen) atoms. The summed E-state index contributed by atoms with van der Waals surface area (Å²) in [5, 5.41) is 4.92. The number of thioether (sulfide) groups is 1. The lowest BCUT2D eigenvalue weighted by Crippen LogP contribution is -2.40. The summed E-state index contributed by atoms with van der Waals surface area (Å²) in [6, 6.07) is 3.95. The first-order valence-electron chi connectivity index (χ1n) is 7.73. The molecule has 1 saturated heterocycles. The maximum atomic E-state index is 12.5. The molecule has 2 aliphatic rings. The van der Waals surface area contributed by atoms with Crippen LogP contribution in [0.15, 0.2) is 28.2 Å². The molecule has 122 valence electrons. The molecule has 1 aromatic rings. The number of amidine groups is 1. The second kappa shape index (κ2) is 7.14. The number of hydrogen-bond donors (Lipinski definition) is 1. The Hall–Kier alpha value is -1.86. The maximum absolute atomic E-state index is 12.5. The third-order valence-corrected chi connectivity index (χ3v) is 4.55. The van der Waals surface area contributed by atoms with E-state index < -0.39 is 0 Å². The smallest absolute Gasteiger partial charge is 0.248 e. The van der Waals surface area contributed by atoms with Gasteiger partial charge in [-0.05, 0) is 37.7 Å². The van der Waals surface area contributed by atoms with Crippen molar-refractivity contribution < 1.29 is 9.53 Å². The topological polar surface area (TPSA) is 66.8 Å². The number of fused-ring (bicyclic) bond motifs is 1. The number of nitrogens with one attached hydrogen (secondary N) is 1. The first-order valence-corrected chi connectivity index (χ1v) is 8.54. The summed E-state index contributed by atoms with van der Waals surface area (Å²) in [7, 11) is 0. The van der Waals surface area contributed by atoms with Crippen LogP contribution in [0.3, 0.4) is 0 Å². The molecule has 3 heterocycles. The van der Waals surface area contributed by atoms with Crippen LogP contribution in [0.4, 0.5) is 0 Å². The summed E-state index contributed by atoms with van der Waals surface area (Å²) in [5.41, 5.74) is 2.65. The third-order valence-electron chi connectivity index (χ3n) is 3.62. The molecule has 0 radical (unpaired) electrons. The van der Waals surface area contributed by atoms with E-state index in [0.717, 1.165) is 27.1 Å². The van der Waals surface area contributed by atoms with E-state index in [4.69, 9.17) is 4.74 Å². The lowest BCUT2D eigenvalue weighted by molar-refractivity contribution is -0.129. The molecule has 0 saturated carbocycles. The van der Waals surface area contributed by atoms with Gasteiger partial charge in [0.15, 0.2) is 5.17 Å². The van der Waals surface area contributed by atoms with Gasteiger partial charge in [0.2, 0.25) is 5.91 Å². The molecule has 2 aliphatic heterocycles. The second-order valence-electron chi connectivity index (χ2n) is 5.31. The molecule has 1 aromatic heterocycles. The lowest BCUT2D eigenvalue weighted by atomic mass is 10.1. The van der Waals surface area contributed by atoms with E-state index in [1.54, 1.807) is 11.0 Å². The van der Waals surface area contributed by atoms with Crippen molar-refractivity contribution in [1.29, 1.82) is 0 Å². The van der Waals surface area contributed by atoms with Crippen LogP contribution in [0.5, 0.6) is 0 Å². The number of ether oxygens (including phenoxy) is 1. The van der Waals surface area contributed by atoms with Crippen LogP contribution in [0.25, 0.3) is 5.70 Å². The predicted molar refractivity (Wildman–Crippen MR) is 91.3 cm³/mol. The highest BCUT2D eigenvalue weighted by molar-refractivity contribution is 8.14. The zero-order chi connectivity index (χ0) is 16.2. The predicted octanol–water partition coefficient (Wildman–Crippen LogP) is 1.66. The Labute approximate surface area is 140 Å². The average Bonchev–Trinajstić information content (AvgIpc) is 2.55. The maximum Gasteiger partial charge on any atom is 0.248 e. The average molecular weight is 332 g/mol. The normalized spacial score (nSPS) is 21.2. The standard InChI is InChI=1S/C16H20N4O2S/c1-3-17-16-19-13(10-14(21)20-6-8-22-9-7-20)12-5-4-11(2)18-15(12)23-16/h4-5,10H,3,6-9H2,1-2H3,(H,17,19)/b13-10-. The van der Waals surface area contributed by atoms with Crippen molar-refractivity contribution >= 4 is 28.5 Å². The molecular formula is C16H20N4O2S. The van der Waals surface area contributed by atoms with Gasteiger partial charge in [-0.1, -0.05) is 0 Å². The molecule has 0 aliphatic carbocycles. The van der Waals surface area contributed by atoms with Crippen LogP contribution in [0.1, 0.15) is 18.2 Å². The van der Waals surface area contributed by atoms with Crippen LogP contribution in [-0.4, -0.2) is 53.8 Å². The molecule has 0 bridgehead atoms. The molecular weight excluding hydrogens is 312 g/mol. The highest BCUT2D eigenvalue weighted by Crippen LogP contribution is 2.31. The Balaban J connectivity index is 1.92. The van der Waals surface area contributed by atoms with Gasteiger partial charge >= 0.3 is 0 Å². The van der Waals surface area contributed by atoms with Crippen molar-refractivity contribution in [3.8, 4) is 0 Å². The van der Waals surface area contributed by atoms with Gasteiger partial charge in [-0.3, -0.25) is 9.79 Å². The van der Waals surface area contributed by atoms with E-state index in [1.165, 1.54) is 11.8 Å². The Morgan fingerprint density at radius 3 is 3.00 bits per heavy atom. The Kier molecular flexibility index (Phi) is 4.97. The zero-order valence-corrected chi connectivity index (χ0v) is 14.2. The highest BCUT2D eigenvalue weighted by atomic mass is 32.2. The minimum absolute atomic E-state index is 0.00919. The SMILES string of the molecule is CCN=C1N/C(=C\C(=O)N2CCOCC2)c2ccc(C)nc2S1. The Morgan fingerprint density at radius 1 is 1.48 bits per heavy atom. The number of carbonyl (C=O) groups is 1. The fourth-order valence-corrected chi connectivity index (χ4v) is 3.46. The van der Waals surface area contributed by atoms with Gasteiger partial charge in [0.1, 0.15) is 5.03 Å². The summed E-state index contributed by atoms with van der Waals surface area (Å²) < 4.78 is 5.30. The number of carbonyl (C=O) groups excluding carboxylic acids is 1. The van der Waals surface area contributed by atoms with Gasteiger partial charge in [0, 0.05) is 37.0 Å². The first-order chi connectivity index (χ1) is 11.2. The second-order valence-corrected chi connectivity index (χ2v) is 6.29. The summed E-state index contributed by atoms with van der Waals surface area (Å²) in [4.78, 5) is 23.3. The molecule has 0 atom stereocenters. The van der Waals surface area contributed by atoms with Gasteiger partial charge in [0.25, 0.3) is 0 Å². The number of aromatic nitrogens is 1. The van der Waals surface area contributed by atoms with Crippen molar-refractivity contribution in [2.24, 2.45) is 4.99 Å². The van der Waals surface area contributed by atoms with Crippen molar-refractivity contribution in [2.45, 2.75) is 18.9 Å². The van der Waals surface area contributed by atoms with Gasteiger partial charge in [-0.2, -0.15) is 0 Å². The van der Waals surface area contributed by atoms with Crippen molar-refractivity contribution in [3.63, 3.8) is 0 Å². The van der Waals surface area contributed by atoms with Crippen LogP contribution in [0.2, 0.25) is 0 Å². The molecule has 0 aromatic carbocycles. The van der Waals surface area contributed by atoms with E-state index in [9.17, 15) is 4.79 Å². The van der Waals surface area contributed by atoms with Gasteiger partial charge in [0.05, 0.1) is 18.9 Å². The molecule has 1 N–H and O–H groups in total. The fraction of sp³-hybridized carbons (Fsp3) is 0.438. The van der Waals surface area contributed by atoms with Gasteiger partial charge in [-0.15, -0.1) is 0 Å². The first kappa shape index (κ1) is 16.0. The molecule has 1 fully saturated rings. The van der Waals surface area contributed by atoms with Crippen LogP contribution >= 0.6 is 11.8 Å². The number of pyridine rings is 1. The Morgan fingerprint density at radius 2 is 2.26 bits per heavy atom. The summed E-state index contributed by atoms with van der Waals surface area (Å²) >= 11 is 1.50. The van der Waals surface area contributed by atoms with Crippen molar-refractivity contribution in [2.75, 3.05) is 32.8 Å². The van der Waals surface area contributed by atoms with E-state index in [2.05, 4.69) is 15.3 Å². The lowest BCUT2D eigenvalue weighted by Gasteiger charge is -2.27. The molecule has 1 amide bonds. The van der Waals surface area contributed by atoms with E-state index in [0.29, 0.717) is 32.8 Å². The number of morpholine rings is 1. The van der Waals surface area contributed by atoms with E-state index >= 15 is 0 Å². The van der Waals surface area contributed by atoms with Crippen LogP contribution < -0.4 is 5.32 Å². The summed E-state index contributed by atoms with van der Waals surface area (Å²) in [6.07, 6.45) is 1.64. The highest BCUT2D eigenvalue weighted by Gasteiger charge is 2.23. The quantitative estimate of drug-likeness (QED) is 0.835. The van der Waals surface area contributed by atoms with Crippen LogP contribution in [0, 0.1) is 6.92 Å². The molecule has 3 rings (SSSR count). The van der Waals surface area contributed by atoms with Gasteiger partial charge in [-0.25, -0.2) is 4.98 Å². The number of amides is 1. The molecule has 0 unspecified atom stereocenters. The fourth-order valence-electron chi connectivity index (χ4n) is 2.44. The monoisotopic (exact) mass is 332 g/mol. The Bertz CT molecular complexity index is 666. The third kappa shape index (κ3) is 3.73. The number of aryl methyl sites for hydroxylation is 1. The largest absolute Gasteiger partial charge is 0.378 e. The van der Waals surface area contributed by atoms with Crippen LogP contribution in [-0.2, 0) is 9.53 Å². The minimum atomic E-state index is -0.00919. The van der Waals surface area contributed by atoms with E-state index in [-0.39, 0.29) is 5.91 Å². The minimum Gasteiger partial charge on any atom is -0.378 e. The van der Waals surface area contributed by atoms with Crippen molar-refractivity contribution in [1.82, 2.24) is 15.2 Å². The van der Waals surface area contributed by atoms with Gasteiger partial charge < -0.3 is 15.0 Å². The molecule has 7 heteroatoms. The number of rotatable bonds is 2. The zero-order valence-electron chi connectivity index (χ0n) is 13.3. The number of hydrogen-bond acceptors (Lipinski definition) is 5. The summed E-state index contributed by atoms with van der Waals surface area (Å²) in [5.74, 6) is -0.00919. The molecule has 0 spiro atoms. The van der Waals surface area contributed by atoms with E-state index in [1.807, 2.05) is 26.0 Å². The number of aliphatic imine (C=N–C) groups is 1.